The summed E-state index contributed by atoms with van der Waals surface area (Å²) in [6, 6.07) is 3.24. The first-order chi connectivity index (χ1) is 10.8. The number of likely N-dealkylation sites (tertiary alicyclic amines) is 1. The van der Waals surface area contributed by atoms with Crippen LogP contribution in [-0.2, 0) is 6.54 Å². The first-order valence-corrected chi connectivity index (χ1v) is 8.73. The molecule has 1 atom stereocenters. The minimum Gasteiger partial charge on any atom is -0.334 e. The molecule has 1 aliphatic rings. The molecule has 1 aromatic heterocycles. The molecule has 0 N–H and O–H groups in total. The van der Waals surface area contributed by atoms with Crippen molar-refractivity contribution in [3.05, 3.63) is 28.2 Å². The maximum atomic E-state index is 13.0. The van der Waals surface area contributed by atoms with E-state index in [1.165, 1.54) is 17.2 Å². The van der Waals surface area contributed by atoms with Crippen molar-refractivity contribution in [3.8, 4) is 0 Å². The third-order valence-corrected chi connectivity index (χ3v) is 4.53. The van der Waals surface area contributed by atoms with E-state index < -0.39 is 0 Å². The van der Waals surface area contributed by atoms with E-state index in [9.17, 15) is 9.59 Å². The lowest BCUT2D eigenvalue weighted by Crippen LogP contribution is -2.47. The number of aryl methyl sites for hydroxylation is 1. The second-order valence-electron chi connectivity index (χ2n) is 7.51. The average Bonchev–Trinajstić information content (AvgIpc) is 2.74. The number of hydrogen-bond donors (Lipinski definition) is 0. The summed E-state index contributed by atoms with van der Waals surface area (Å²) >= 11 is 0. The van der Waals surface area contributed by atoms with E-state index in [4.69, 9.17) is 0 Å². The van der Waals surface area contributed by atoms with Gasteiger partial charge in [0.25, 0.3) is 11.5 Å². The highest BCUT2D eigenvalue weighted by Gasteiger charge is 2.35. The van der Waals surface area contributed by atoms with Crippen molar-refractivity contribution < 1.29 is 4.79 Å². The van der Waals surface area contributed by atoms with Gasteiger partial charge in [-0.1, -0.05) is 40.5 Å². The van der Waals surface area contributed by atoms with Crippen LogP contribution in [0.2, 0.25) is 0 Å². The maximum Gasteiger partial charge on any atom is 0.274 e. The Morgan fingerprint density at radius 3 is 2.65 bits per heavy atom. The second kappa shape index (κ2) is 7.28. The fraction of sp³-hybridized carbons (Fsp3) is 0.722. The smallest absolute Gasteiger partial charge is 0.274 e. The van der Waals surface area contributed by atoms with Gasteiger partial charge in [-0.15, -0.1) is 0 Å². The minimum atomic E-state index is -0.147. The fourth-order valence-corrected chi connectivity index (χ4v) is 3.33. The van der Waals surface area contributed by atoms with Crippen LogP contribution in [0.15, 0.2) is 16.9 Å². The molecule has 2 heterocycles. The summed E-state index contributed by atoms with van der Waals surface area (Å²) in [5, 5.41) is 4.30. The van der Waals surface area contributed by atoms with E-state index in [0.717, 1.165) is 32.2 Å². The molecule has 2 rings (SSSR count). The third kappa shape index (κ3) is 4.21. The fourth-order valence-electron chi connectivity index (χ4n) is 3.33. The molecule has 0 bridgehead atoms. The molecule has 23 heavy (non-hydrogen) atoms. The van der Waals surface area contributed by atoms with Crippen LogP contribution in [0, 0.1) is 5.41 Å². The molecule has 128 valence electrons. The lowest BCUT2D eigenvalue weighted by atomic mass is 9.83. The summed E-state index contributed by atoms with van der Waals surface area (Å²) < 4.78 is 1.40. The molecule has 5 nitrogen and oxygen atoms in total. The molecule has 1 aliphatic heterocycles. The van der Waals surface area contributed by atoms with E-state index in [0.29, 0.717) is 12.2 Å². The van der Waals surface area contributed by atoms with E-state index in [2.05, 4.69) is 25.9 Å². The zero-order chi connectivity index (χ0) is 17.0. The van der Waals surface area contributed by atoms with Crippen LogP contribution in [0.1, 0.15) is 70.3 Å². The van der Waals surface area contributed by atoms with Gasteiger partial charge in [0.2, 0.25) is 0 Å². The summed E-state index contributed by atoms with van der Waals surface area (Å²) in [6.45, 7) is 9.88. The van der Waals surface area contributed by atoms with Crippen LogP contribution in [0.3, 0.4) is 0 Å². The van der Waals surface area contributed by atoms with Gasteiger partial charge >= 0.3 is 0 Å². The van der Waals surface area contributed by atoms with Gasteiger partial charge in [0.15, 0.2) is 0 Å². The lowest BCUT2D eigenvalue weighted by molar-refractivity contribution is 0.0515. The van der Waals surface area contributed by atoms with Crippen molar-refractivity contribution in [2.45, 2.75) is 72.4 Å². The Labute approximate surface area is 138 Å². The highest BCUT2D eigenvalue weighted by molar-refractivity contribution is 5.92. The highest BCUT2D eigenvalue weighted by atomic mass is 16.2. The molecule has 0 radical (unpaired) electrons. The SMILES string of the molecule is CCCn1nc(C(=O)N2CCCCCC2C(C)(C)C)ccc1=O. The molecule has 0 saturated carbocycles. The normalized spacial score (nSPS) is 19.5. The topological polar surface area (TPSA) is 55.2 Å². The average molecular weight is 319 g/mol. The molecule has 1 saturated heterocycles. The predicted octanol–water partition coefficient (Wildman–Crippen LogP) is 3.08. The quantitative estimate of drug-likeness (QED) is 0.860. The number of nitrogens with zero attached hydrogens (tertiary/aromatic N) is 3. The number of carbonyl (C=O) groups excluding carboxylic acids is 1. The number of amides is 1. The monoisotopic (exact) mass is 319 g/mol. The zero-order valence-electron chi connectivity index (χ0n) is 14.8. The molecule has 0 aliphatic carbocycles. The molecule has 5 heteroatoms. The second-order valence-corrected chi connectivity index (χ2v) is 7.51. The molecule has 0 spiro atoms. The van der Waals surface area contributed by atoms with Crippen LogP contribution in [0.5, 0.6) is 0 Å². The molecule has 1 fully saturated rings. The molecule has 1 aromatic rings. The Morgan fingerprint density at radius 1 is 1.26 bits per heavy atom. The van der Waals surface area contributed by atoms with Crippen LogP contribution >= 0.6 is 0 Å². The summed E-state index contributed by atoms with van der Waals surface area (Å²) in [5.74, 6) is -0.0447. The van der Waals surface area contributed by atoms with Crippen molar-refractivity contribution in [2.75, 3.05) is 6.54 Å². The largest absolute Gasteiger partial charge is 0.334 e. The van der Waals surface area contributed by atoms with Crippen molar-refractivity contribution >= 4 is 5.91 Å². The molecular weight excluding hydrogens is 290 g/mol. The van der Waals surface area contributed by atoms with Gasteiger partial charge in [0.05, 0.1) is 0 Å². The van der Waals surface area contributed by atoms with Gasteiger partial charge in [-0.05, 0) is 30.7 Å². The minimum absolute atomic E-state index is 0.0395. The summed E-state index contributed by atoms with van der Waals surface area (Å²) in [4.78, 5) is 26.8. The van der Waals surface area contributed by atoms with Crippen LogP contribution in [0.25, 0.3) is 0 Å². The van der Waals surface area contributed by atoms with Crippen molar-refractivity contribution in [1.29, 1.82) is 0 Å². The van der Waals surface area contributed by atoms with Crippen molar-refractivity contribution in [2.24, 2.45) is 5.41 Å². The predicted molar refractivity (Wildman–Crippen MR) is 91.5 cm³/mol. The first kappa shape index (κ1) is 17.7. The first-order valence-electron chi connectivity index (χ1n) is 8.73. The number of hydrogen-bond acceptors (Lipinski definition) is 3. The van der Waals surface area contributed by atoms with Crippen LogP contribution in [-0.4, -0.2) is 33.2 Å². The summed E-state index contributed by atoms with van der Waals surface area (Å²) in [6.07, 6.45) is 5.21. The van der Waals surface area contributed by atoms with Gasteiger partial charge < -0.3 is 4.90 Å². The van der Waals surface area contributed by atoms with E-state index in [-0.39, 0.29) is 22.9 Å². The third-order valence-electron chi connectivity index (χ3n) is 4.53. The standard InChI is InChI=1S/C18H29N3O2/c1-5-12-21-16(22)11-10-14(19-21)17(23)20-13-8-6-7-9-15(20)18(2,3)4/h10-11,15H,5-9,12-13H2,1-4H3. The van der Waals surface area contributed by atoms with E-state index >= 15 is 0 Å². The summed E-state index contributed by atoms with van der Waals surface area (Å²) in [5.41, 5.74) is 0.276. The number of rotatable bonds is 3. The van der Waals surface area contributed by atoms with Crippen molar-refractivity contribution in [3.63, 3.8) is 0 Å². The maximum absolute atomic E-state index is 13.0. The van der Waals surface area contributed by atoms with Crippen LogP contribution in [0.4, 0.5) is 0 Å². The Balaban J connectivity index is 2.32. The van der Waals surface area contributed by atoms with Crippen molar-refractivity contribution in [1.82, 2.24) is 14.7 Å². The Morgan fingerprint density at radius 2 is 2.00 bits per heavy atom. The van der Waals surface area contributed by atoms with E-state index in [1.807, 2.05) is 11.8 Å². The molecule has 0 aromatic carbocycles. The Kier molecular flexibility index (Phi) is 5.60. The van der Waals surface area contributed by atoms with Crippen LogP contribution < -0.4 is 5.56 Å². The Hall–Kier alpha value is -1.65. The van der Waals surface area contributed by atoms with Gasteiger partial charge in [-0.3, -0.25) is 9.59 Å². The zero-order valence-corrected chi connectivity index (χ0v) is 14.8. The molecular formula is C18H29N3O2. The van der Waals surface area contributed by atoms with Gasteiger partial charge in [-0.25, -0.2) is 4.68 Å². The summed E-state index contributed by atoms with van der Waals surface area (Å²) in [7, 11) is 0. The Bertz CT molecular complexity index is 601. The van der Waals surface area contributed by atoms with Gasteiger partial charge in [0.1, 0.15) is 5.69 Å². The number of carbonyl (C=O) groups is 1. The highest BCUT2D eigenvalue weighted by Crippen LogP contribution is 2.31. The van der Waals surface area contributed by atoms with Gasteiger partial charge in [0, 0.05) is 25.2 Å². The molecule has 1 amide bonds. The number of aromatic nitrogens is 2. The van der Waals surface area contributed by atoms with Gasteiger partial charge in [-0.2, -0.15) is 5.10 Å². The molecule has 1 unspecified atom stereocenters. The van der Waals surface area contributed by atoms with E-state index in [1.54, 1.807) is 6.07 Å². The lowest BCUT2D eigenvalue weighted by Gasteiger charge is -2.39.